The Morgan fingerprint density at radius 1 is 1.00 bits per heavy atom. The zero-order chi connectivity index (χ0) is 21.8. The molecule has 0 saturated heterocycles. The van der Waals surface area contributed by atoms with Crippen molar-refractivity contribution in [2.45, 2.75) is 58.5 Å². The molecule has 1 amide bonds. The van der Waals surface area contributed by atoms with Gasteiger partial charge in [0.25, 0.3) is 5.91 Å². The molecule has 1 aromatic heterocycles. The lowest BCUT2D eigenvalue weighted by atomic mass is 9.86. The molecule has 31 heavy (non-hydrogen) atoms. The molecule has 0 atom stereocenters. The smallest absolute Gasteiger partial charge is 0.255 e. The number of aryl methyl sites for hydroxylation is 2. The highest BCUT2D eigenvalue weighted by molar-refractivity contribution is 6.05. The molecular weight excluding hydrogens is 384 g/mol. The Morgan fingerprint density at radius 2 is 1.71 bits per heavy atom. The lowest BCUT2D eigenvalue weighted by Gasteiger charge is -2.21. The summed E-state index contributed by atoms with van der Waals surface area (Å²) in [4.78, 5) is 17.3. The summed E-state index contributed by atoms with van der Waals surface area (Å²) in [5.41, 5.74) is 6.10. The number of benzene rings is 2. The number of hydrogen-bond donors (Lipinski definition) is 1. The number of nitrogens with one attached hydrogen (secondary N) is 1. The molecule has 3 aromatic rings. The van der Waals surface area contributed by atoms with E-state index in [1.807, 2.05) is 42.5 Å². The summed E-state index contributed by atoms with van der Waals surface area (Å²) >= 11 is 0. The minimum absolute atomic E-state index is 0.0555. The molecule has 0 radical (unpaired) electrons. The van der Waals surface area contributed by atoms with E-state index in [-0.39, 0.29) is 11.3 Å². The Labute approximate surface area is 184 Å². The molecule has 4 heteroatoms. The first-order chi connectivity index (χ1) is 14.9. The molecule has 1 aliphatic rings. The quantitative estimate of drug-likeness (QED) is 0.550. The van der Waals surface area contributed by atoms with Crippen LogP contribution in [0.1, 0.15) is 66.4 Å². The van der Waals surface area contributed by atoms with Crippen LogP contribution in [0.5, 0.6) is 5.75 Å². The number of carbonyl (C=O) groups excluding carboxylic acids is 1. The zero-order valence-electron chi connectivity index (χ0n) is 18.6. The number of nitrogens with zero attached hydrogens (tertiary/aromatic N) is 1. The number of pyridine rings is 1. The van der Waals surface area contributed by atoms with Gasteiger partial charge in [0.2, 0.25) is 0 Å². The van der Waals surface area contributed by atoms with Crippen LogP contribution in [0.3, 0.4) is 0 Å². The SMILES string of the molecule is CC(C)(C)c1ccc(C(=O)Nc2cc3c(cc2OCc2ccccn2)CCCC3)cc1. The zero-order valence-corrected chi connectivity index (χ0v) is 18.6. The van der Waals surface area contributed by atoms with Gasteiger partial charge in [-0.3, -0.25) is 9.78 Å². The van der Waals surface area contributed by atoms with Crippen molar-refractivity contribution in [2.75, 3.05) is 5.32 Å². The molecule has 0 saturated carbocycles. The molecule has 0 unspecified atom stereocenters. The Kier molecular flexibility index (Phi) is 6.08. The third kappa shape index (κ3) is 5.13. The molecule has 4 nitrogen and oxygen atoms in total. The molecule has 1 heterocycles. The summed E-state index contributed by atoms with van der Waals surface area (Å²) in [6, 6.07) is 17.8. The van der Waals surface area contributed by atoms with Gasteiger partial charge >= 0.3 is 0 Å². The first kappa shape index (κ1) is 21.1. The third-order valence-electron chi connectivity index (χ3n) is 5.81. The highest BCUT2D eigenvalue weighted by Crippen LogP contribution is 2.34. The van der Waals surface area contributed by atoms with Gasteiger partial charge < -0.3 is 10.1 Å². The molecule has 4 rings (SSSR count). The molecule has 0 bridgehead atoms. The van der Waals surface area contributed by atoms with Gasteiger partial charge in [0.1, 0.15) is 12.4 Å². The van der Waals surface area contributed by atoms with E-state index in [1.165, 1.54) is 29.5 Å². The van der Waals surface area contributed by atoms with Crippen LogP contribution in [-0.4, -0.2) is 10.9 Å². The van der Waals surface area contributed by atoms with Crippen molar-refractivity contribution in [3.63, 3.8) is 0 Å². The Morgan fingerprint density at radius 3 is 2.35 bits per heavy atom. The molecule has 160 valence electrons. The Bertz CT molecular complexity index is 1050. The lowest BCUT2D eigenvalue weighted by Crippen LogP contribution is -2.16. The first-order valence-corrected chi connectivity index (χ1v) is 11.0. The van der Waals surface area contributed by atoms with Crippen molar-refractivity contribution in [1.82, 2.24) is 4.98 Å². The number of carbonyl (C=O) groups is 1. The van der Waals surface area contributed by atoms with E-state index in [4.69, 9.17) is 4.74 Å². The van der Waals surface area contributed by atoms with Crippen LogP contribution < -0.4 is 10.1 Å². The van der Waals surface area contributed by atoms with Gasteiger partial charge in [-0.25, -0.2) is 0 Å². The van der Waals surface area contributed by atoms with E-state index in [9.17, 15) is 4.79 Å². The van der Waals surface area contributed by atoms with Gasteiger partial charge in [-0.05, 0) is 84.2 Å². The summed E-state index contributed by atoms with van der Waals surface area (Å²) in [7, 11) is 0. The fraction of sp³-hybridized carbons (Fsp3) is 0.333. The fourth-order valence-electron chi connectivity index (χ4n) is 3.93. The number of aromatic nitrogens is 1. The maximum atomic E-state index is 13.0. The van der Waals surface area contributed by atoms with Crippen molar-refractivity contribution in [3.8, 4) is 5.75 Å². The predicted octanol–water partition coefficient (Wildman–Crippen LogP) is 6.09. The molecule has 2 aromatic carbocycles. The maximum Gasteiger partial charge on any atom is 0.255 e. The van der Waals surface area contributed by atoms with Crippen LogP contribution in [0.4, 0.5) is 5.69 Å². The predicted molar refractivity (Wildman–Crippen MR) is 125 cm³/mol. The second-order valence-corrected chi connectivity index (χ2v) is 9.22. The average Bonchev–Trinajstić information content (AvgIpc) is 2.78. The van der Waals surface area contributed by atoms with Crippen LogP contribution in [0.25, 0.3) is 0 Å². The number of fused-ring (bicyclic) bond motifs is 1. The molecule has 0 fully saturated rings. The van der Waals surface area contributed by atoms with Crippen LogP contribution in [0.2, 0.25) is 0 Å². The van der Waals surface area contributed by atoms with Gasteiger partial charge in [-0.15, -0.1) is 0 Å². The van der Waals surface area contributed by atoms with Crippen molar-refractivity contribution in [1.29, 1.82) is 0 Å². The average molecular weight is 415 g/mol. The van der Waals surface area contributed by atoms with Crippen LogP contribution in [0.15, 0.2) is 60.8 Å². The van der Waals surface area contributed by atoms with E-state index in [1.54, 1.807) is 6.20 Å². The van der Waals surface area contributed by atoms with Crippen molar-refractivity contribution in [2.24, 2.45) is 0 Å². The number of rotatable bonds is 5. The van der Waals surface area contributed by atoms with Crippen molar-refractivity contribution in [3.05, 3.63) is 88.7 Å². The third-order valence-corrected chi connectivity index (χ3v) is 5.81. The molecule has 1 N–H and O–H groups in total. The van der Waals surface area contributed by atoms with Crippen LogP contribution >= 0.6 is 0 Å². The Balaban J connectivity index is 1.57. The van der Waals surface area contributed by atoms with E-state index in [0.717, 1.165) is 24.2 Å². The largest absolute Gasteiger partial charge is 0.485 e. The lowest BCUT2D eigenvalue weighted by molar-refractivity contribution is 0.102. The minimum Gasteiger partial charge on any atom is -0.485 e. The van der Waals surface area contributed by atoms with Gasteiger partial charge in [-0.1, -0.05) is 39.0 Å². The van der Waals surface area contributed by atoms with Crippen molar-refractivity contribution < 1.29 is 9.53 Å². The van der Waals surface area contributed by atoms with E-state index in [2.05, 4.69) is 43.2 Å². The summed E-state index contributed by atoms with van der Waals surface area (Å²) in [5, 5.41) is 3.09. The number of hydrogen-bond acceptors (Lipinski definition) is 3. The van der Waals surface area contributed by atoms with Crippen LogP contribution in [-0.2, 0) is 24.9 Å². The highest BCUT2D eigenvalue weighted by atomic mass is 16.5. The standard InChI is InChI=1S/C27H30N2O2/c1-27(2,3)22-13-11-19(12-14-22)26(30)29-24-16-20-8-4-5-9-21(20)17-25(24)31-18-23-10-6-7-15-28-23/h6-7,10-17H,4-5,8-9,18H2,1-3H3,(H,29,30). The fourth-order valence-corrected chi connectivity index (χ4v) is 3.93. The number of amides is 1. The second-order valence-electron chi connectivity index (χ2n) is 9.22. The minimum atomic E-state index is -0.126. The van der Waals surface area contributed by atoms with E-state index >= 15 is 0 Å². The molecule has 0 spiro atoms. The number of ether oxygens (including phenoxy) is 1. The van der Waals surface area contributed by atoms with Gasteiger partial charge in [0.15, 0.2) is 0 Å². The van der Waals surface area contributed by atoms with Gasteiger partial charge in [0, 0.05) is 11.8 Å². The molecule has 1 aliphatic carbocycles. The van der Waals surface area contributed by atoms with E-state index in [0.29, 0.717) is 17.9 Å². The van der Waals surface area contributed by atoms with E-state index < -0.39 is 0 Å². The second kappa shape index (κ2) is 8.93. The van der Waals surface area contributed by atoms with Gasteiger partial charge in [0.05, 0.1) is 11.4 Å². The number of anilines is 1. The first-order valence-electron chi connectivity index (χ1n) is 11.0. The summed E-state index contributed by atoms with van der Waals surface area (Å²) in [5.74, 6) is 0.574. The highest BCUT2D eigenvalue weighted by Gasteiger charge is 2.18. The summed E-state index contributed by atoms with van der Waals surface area (Å²) in [6.45, 7) is 6.87. The summed E-state index contributed by atoms with van der Waals surface area (Å²) < 4.78 is 6.11. The Hall–Kier alpha value is -3.14. The topological polar surface area (TPSA) is 51.2 Å². The normalized spacial score (nSPS) is 13.4. The van der Waals surface area contributed by atoms with Crippen molar-refractivity contribution >= 4 is 11.6 Å². The van der Waals surface area contributed by atoms with Gasteiger partial charge in [-0.2, -0.15) is 0 Å². The molecule has 0 aliphatic heterocycles. The maximum absolute atomic E-state index is 13.0. The summed E-state index contributed by atoms with van der Waals surface area (Å²) in [6.07, 6.45) is 6.23. The monoisotopic (exact) mass is 414 g/mol. The van der Waals surface area contributed by atoms with Crippen LogP contribution in [0, 0.1) is 0 Å². The molecular formula is C27H30N2O2.